The fourth-order valence-corrected chi connectivity index (χ4v) is 3.06. The number of terminal acetylenes is 1. The number of hydroxylamine groups is 2. The molecule has 0 radical (unpaired) electrons. The molecule has 28 heavy (non-hydrogen) atoms. The number of esters is 1. The number of hydrogen-bond donors (Lipinski definition) is 1. The molecule has 1 heterocycles. The molecule has 3 amide bonds. The minimum atomic E-state index is -1.31. The summed E-state index contributed by atoms with van der Waals surface area (Å²) >= 11 is 0. The summed E-state index contributed by atoms with van der Waals surface area (Å²) in [7, 11) is 0. The molecule has 0 bridgehead atoms. The van der Waals surface area contributed by atoms with Crippen LogP contribution in [0.3, 0.4) is 0 Å². The van der Waals surface area contributed by atoms with Crippen LogP contribution in [-0.2, 0) is 33.5 Å². The van der Waals surface area contributed by atoms with Crippen molar-refractivity contribution in [3.05, 3.63) is 0 Å². The minimum Gasteiger partial charge on any atom is -0.425 e. The van der Waals surface area contributed by atoms with Gasteiger partial charge in [0.1, 0.15) is 0 Å². The number of rotatable bonds is 6. The topological polar surface area (TPSA) is 128 Å². The summed E-state index contributed by atoms with van der Waals surface area (Å²) in [5, 5.41) is 2.97. The number of nitrogens with zero attached hydrogens (tertiary/aromatic N) is 1. The molecule has 1 aliphatic heterocycles. The average Bonchev–Trinajstić information content (AvgIpc) is 2.98. The van der Waals surface area contributed by atoms with E-state index in [1.54, 1.807) is 0 Å². The molecular weight excluding hydrogens is 372 g/mol. The van der Waals surface area contributed by atoms with E-state index in [0.29, 0.717) is 24.4 Å². The van der Waals surface area contributed by atoms with Crippen molar-refractivity contribution in [3.8, 4) is 12.3 Å². The summed E-state index contributed by atoms with van der Waals surface area (Å²) in [6.07, 6.45) is 4.96. The minimum absolute atomic E-state index is 0.0360. The number of amides is 3. The van der Waals surface area contributed by atoms with Crippen molar-refractivity contribution in [2.24, 2.45) is 11.8 Å². The fraction of sp³-hybridized carbons (Fsp3) is 0.611. The van der Waals surface area contributed by atoms with Gasteiger partial charge in [-0.25, -0.2) is 4.79 Å². The molecule has 0 aromatic carbocycles. The van der Waals surface area contributed by atoms with E-state index in [0.717, 1.165) is 12.8 Å². The molecule has 10 heteroatoms. The van der Waals surface area contributed by atoms with Crippen molar-refractivity contribution in [1.29, 1.82) is 0 Å². The van der Waals surface area contributed by atoms with Gasteiger partial charge in [0.05, 0.1) is 5.92 Å². The Morgan fingerprint density at radius 1 is 1.14 bits per heavy atom. The van der Waals surface area contributed by atoms with E-state index in [-0.39, 0.29) is 24.7 Å². The molecule has 0 aromatic heterocycles. The van der Waals surface area contributed by atoms with Crippen molar-refractivity contribution < 1.29 is 38.3 Å². The van der Waals surface area contributed by atoms with Crippen LogP contribution in [0.25, 0.3) is 0 Å². The molecule has 10 nitrogen and oxygen atoms in total. The second-order valence-corrected chi connectivity index (χ2v) is 6.62. The summed E-state index contributed by atoms with van der Waals surface area (Å²) in [5.41, 5.74) is 0. The van der Waals surface area contributed by atoms with Crippen LogP contribution in [0.1, 0.15) is 45.4 Å². The van der Waals surface area contributed by atoms with E-state index < -0.39 is 36.1 Å². The van der Waals surface area contributed by atoms with E-state index in [1.165, 1.54) is 6.92 Å². The zero-order chi connectivity index (χ0) is 20.7. The Kier molecular flexibility index (Phi) is 7.37. The van der Waals surface area contributed by atoms with Gasteiger partial charge >= 0.3 is 12.1 Å². The molecule has 1 N–H and O–H groups in total. The van der Waals surface area contributed by atoms with Crippen molar-refractivity contribution in [3.63, 3.8) is 0 Å². The van der Waals surface area contributed by atoms with E-state index in [4.69, 9.17) is 15.9 Å². The van der Waals surface area contributed by atoms with Gasteiger partial charge in [0.15, 0.2) is 0 Å². The van der Waals surface area contributed by atoms with Gasteiger partial charge in [0.25, 0.3) is 17.7 Å². The Hall–Kier alpha value is -3.09. The predicted octanol–water partition coefficient (Wildman–Crippen LogP) is 0.649. The summed E-state index contributed by atoms with van der Waals surface area (Å²) in [6.45, 7) is 1.79. The number of carbonyl (C=O) groups is 5. The normalized spacial score (nSPS) is 22.8. The van der Waals surface area contributed by atoms with Gasteiger partial charge in [0.2, 0.25) is 6.29 Å². The van der Waals surface area contributed by atoms with Crippen LogP contribution in [0, 0.1) is 24.2 Å². The molecule has 152 valence electrons. The smallest absolute Gasteiger partial charge is 0.425 e. The molecule has 1 saturated carbocycles. The van der Waals surface area contributed by atoms with Crippen LogP contribution in [-0.4, -0.2) is 47.7 Å². The van der Waals surface area contributed by atoms with E-state index in [2.05, 4.69) is 10.2 Å². The second-order valence-electron chi connectivity index (χ2n) is 6.62. The molecular formula is C18H22N2O8. The molecule has 0 spiro atoms. The lowest BCUT2D eigenvalue weighted by Gasteiger charge is -2.27. The van der Waals surface area contributed by atoms with Crippen LogP contribution < -0.4 is 5.32 Å². The third-order valence-electron chi connectivity index (χ3n) is 4.58. The first kappa shape index (κ1) is 21.2. The van der Waals surface area contributed by atoms with Crippen molar-refractivity contribution in [2.75, 3.05) is 6.54 Å². The molecule has 2 aliphatic rings. The number of hydrogen-bond acceptors (Lipinski definition) is 8. The molecule has 1 atom stereocenters. The van der Waals surface area contributed by atoms with Crippen LogP contribution >= 0.6 is 0 Å². The maximum atomic E-state index is 12.2. The van der Waals surface area contributed by atoms with E-state index in [9.17, 15) is 24.0 Å². The standard InChI is InChI=1S/C18H22N2O8/c1-3-14(21)19-10-12-4-6-13(7-5-12)17(24)26-11(2)27-18(25)28-20-15(22)8-9-16(20)23/h1,11-13H,4-10H2,2H3,(H,19,21). The van der Waals surface area contributed by atoms with Crippen molar-refractivity contribution in [1.82, 2.24) is 10.4 Å². The molecule has 0 aromatic rings. The van der Waals surface area contributed by atoms with Gasteiger partial charge in [-0.05, 0) is 37.5 Å². The highest BCUT2D eigenvalue weighted by Gasteiger charge is 2.34. The quantitative estimate of drug-likeness (QED) is 0.301. The SMILES string of the molecule is C#CC(=O)NCC1CCC(C(=O)OC(C)OC(=O)ON2C(=O)CCC2=O)CC1. The van der Waals surface area contributed by atoms with Crippen molar-refractivity contribution in [2.45, 2.75) is 51.7 Å². The van der Waals surface area contributed by atoms with Crippen LogP contribution in [0.2, 0.25) is 0 Å². The van der Waals surface area contributed by atoms with Crippen LogP contribution in [0.4, 0.5) is 4.79 Å². The molecule has 2 rings (SSSR count). The monoisotopic (exact) mass is 394 g/mol. The Labute approximate surface area is 161 Å². The average molecular weight is 394 g/mol. The van der Waals surface area contributed by atoms with E-state index in [1.807, 2.05) is 5.92 Å². The fourth-order valence-electron chi connectivity index (χ4n) is 3.06. The van der Waals surface area contributed by atoms with Gasteiger partial charge in [-0.1, -0.05) is 5.06 Å². The summed E-state index contributed by atoms with van der Waals surface area (Å²) < 4.78 is 9.84. The first-order valence-electron chi connectivity index (χ1n) is 8.99. The molecule has 1 unspecified atom stereocenters. The van der Waals surface area contributed by atoms with Gasteiger partial charge in [0, 0.05) is 26.3 Å². The second kappa shape index (κ2) is 9.73. The third kappa shape index (κ3) is 5.97. The first-order valence-corrected chi connectivity index (χ1v) is 8.99. The summed E-state index contributed by atoms with van der Waals surface area (Å²) in [6, 6.07) is 0. The molecule has 2 fully saturated rings. The number of ether oxygens (including phenoxy) is 2. The maximum Gasteiger partial charge on any atom is 0.537 e. The van der Waals surface area contributed by atoms with Gasteiger partial charge in [-0.15, -0.1) is 6.42 Å². The Morgan fingerprint density at radius 2 is 1.75 bits per heavy atom. The predicted molar refractivity (Wildman–Crippen MR) is 91.5 cm³/mol. The largest absolute Gasteiger partial charge is 0.537 e. The lowest BCUT2D eigenvalue weighted by atomic mass is 9.82. The van der Waals surface area contributed by atoms with Gasteiger partial charge in [-0.2, -0.15) is 0 Å². The highest BCUT2D eigenvalue weighted by Crippen LogP contribution is 2.29. The molecule has 1 saturated heterocycles. The van der Waals surface area contributed by atoms with Crippen molar-refractivity contribution >= 4 is 29.8 Å². The Balaban J connectivity index is 1.69. The summed E-state index contributed by atoms with van der Waals surface area (Å²) in [5.74, 6) is -0.377. The Bertz CT molecular complexity index is 674. The van der Waals surface area contributed by atoms with Gasteiger partial charge < -0.3 is 14.8 Å². The highest BCUT2D eigenvalue weighted by atomic mass is 16.9. The number of carbonyl (C=O) groups excluding carboxylic acids is 5. The highest BCUT2D eigenvalue weighted by molar-refractivity contribution is 6.01. The van der Waals surface area contributed by atoms with Gasteiger partial charge in [-0.3, -0.25) is 24.0 Å². The van der Waals surface area contributed by atoms with Crippen LogP contribution in [0.5, 0.6) is 0 Å². The lowest BCUT2D eigenvalue weighted by molar-refractivity contribution is -0.193. The maximum absolute atomic E-state index is 12.2. The van der Waals surface area contributed by atoms with Crippen LogP contribution in [0.15, 0.2) is 0 Å². The van der Waals surface area contributed by atoms with E-state index >= 15 is 0 Å². The Morgan fingerprint density at radius 3 is 2.32 bits per heavy atom. The molecule has 1 aliphatic carbocycles. The zero-order valence-electron chi connectivity index (χ0n) is 15.5. The lowest BCUT2D eigenvalue weighted by Crippen LogP contribution is -2.35. The first-order chi connectivity index (χ1) is 13.3. The third-order valence-corrected chi connectivity index (χ3v) is 4.58. The zero-order valence-corrected chi connectivity index (χ0v) is 15.5. The summed E-state index contributed by atoms with van der Waals surface area (Å²) in [4.78, 5) is 62.2. The number of nitrogens with one attached hydrogen (secondary N) is 1. The number of imide groups is 1.